The highest BCUT2D eigenvalue weighted by molar-refractivity contribution is 5.61. The molecule has 2 heteroatoms. The molecule has 0 fully saturated rings. The first-order valence-corrected chi connectivity index (χ1v) is 2.99. The van der Waals surface area contributed by atoms with Gasteiger partial charge in [0.15, 0.2) is 0 Å². The van der Waals surface area contributed by atoms with E-state index in [2.05, 4.69) is 16.4 Å². The molecule has 0 aromatic heterocycles. The first-order valence-electron chi connectivity index (χ1n) is 2.99. The van der Waals surface area contributed by atoms with E-state index in [1.807, 2.05) is 25.5 Å². The summed E-state index contributed by atoms with van der Waals surface area (Å²) in [5.74, 6) is 0. The van der Waals surface area contributed by atoms with Gasteiger partial charge in [-0.1, -0.05) is 6.08 Å². The van der Waals surface area contributed by atoms with Crippen molar-refractivity contribution in [3.63, 3.8) is 0 Å². The van der Waals surface area contributed by atoms with Gasteiger partial charge in [0.1, 0.15) is 0 Å². The molecule has 0 atom stereocenters. The summed E-state index contributed by atoms with van der Waals surface area (Å²) >= 11 is 0. The number of aliphatic imine (C=N–C) groups is 1. The zero-order valence-electron chi connectivity index (χ0n) is 5.46. The highest BCUT2D eigenvalue weighted by atomic mass is 14.9. The van der Waals surface area contributed by atoms with E-state index in [4.69, 9.17) is 0 Å². The van der Waals surface area contributed by atoms with Gasteiger partial charge in [-0.15, -0.1) is 0 Å². The smallest absolute Gasteiger partial charge is 0.0520 e. The summed E-state index contributed by atoms with van der Waals surface area (Å²) in [6.07, 6.45) is 8.71. The molecule has 0 unspecified atom stereocenters. The molecule has 0 amide bonds. The Balaban J connectivity index is 2.67. The minimum atomic E-state index is 0.932. The van der Waals surface area contributed by atoms with Crippen molar-refractivity contribution < 1.29 is 0 Å². The van der Waals surface area contributed by atoms with E-state index >= 15 is 0 Å². The molecule has 0 bridgehead atoms. The van der Waals surface area contributed by atoms with Crippen LogP contribution in [0, 0.1) is 0 Å². The highest BCUT2D eigenvalue weighted by Gasteiger charge is 1.86. The molecule has 1 N–H and O–H groups in total. The van der Waals surface area contributed by atoms with Crippen molar-refractivity contribution in [1.82, 2.24) is 5.32 Å². The van der Waals surface area contributed by atoms with E-state index in [0.29, 0.717) is 0 Å². The molecular formula is C7H10N2. The number of likely N-dealkylation sites (N-methyl/N-ethyl adjacent to an activating group) is 1. The van der Waals surface area contributed by atoms with E-state index in [1.165, 1.54) is 0 Å². The summed E-state index contributed by atoms with van der Waals surface area (Å²) in [6.45, 7) is 0. The maximum atomic E-state index is 4.01. The molecule has 9 heavy (non-hydrogen) atoms. The van der Waals surface area contributed by atoms with Crippen LogP contribution >= 0.6 is 0 Å². The molecule has 0 aliphatic carbocycles. The summed E-state index contributed by atoms with van der Waals surface area (Å²) in [7, 11) is 1.89. The Kier molecular flexibility index (Phi) is 2.07. The molecule has 0 radical (unpaired) electrons. The Morgan fingerprint density at radius 2 is 2.56 bits per heavy atom. The van der Waals surface area contributed by atoms with Crippen molar-refractivity contribution in [2.24, 2.45) is 4.99 Å². The lowest BCUT2D eigenvalue weighted by atomic mass is 10.3. The van der Waals surface area contributed by atoms with Crippen LogP contribution in [0.1, 0.15) is 6.42 Å². The molecule has 0 saturated heterocycles. The lowest BCUT2D eigenvalue weighted by Gasteiger charge is -1.93. The quantitative estimate of drug-likeness (QED) is 0.553. The molecule has 1 rings (SSSR count). The van der Waals surface area contributed by atoms with Crippen molar-refractivity contribution in [1.29, 1.82) is 0 Å². The lowest BCUT2D eigenvalue weighted by Crippen LogP contribution is -2.01. The molecule has 0 aromatic rings. The fraction of sp³-hybridized carbons (Fsp3) is 0.286. The highest BCUT2D eigenvalue weighted by Crippen LogP contribution is 1.96. The molecule has 0 saturated carbocycles. The van der Waals surface area contributed by atoms with Gasteiger partial charge in [-0.25, -0.2) is 0 Å². The summed E-state index contributed by atoms with van der Waals surface area (Å²) in [5, 5.41) is 3.00. The van der Waals surface area contributed by atoms with Crippen LogP contribution in [-0.4, -0.2) is 13.3 Å². The fourth-order valence-electron chi connectivity index (χ4n) is 0.641. The molecule has 0 spiro atoms. The Morgan fingerprint density at radius 3 is 3.33 bits per heavy atom. The third-order valence-electron chi connectivity index (χ3n) is 1.15. The van der Waals surface area contributed by atoms with Gasteiger partial charge >= 0.3 is 0 Å². The van der Waals surface area contributed by atoms with Crippen molar-refractivity contribution in [3.8, 4) is 0 Å². The summed E-state index contributed by atoms with van der Waals surface area (Å²) in [5.41, 5.74) is 1.06. The Bertz CT molecular complexity index is 166. The van der Waals surface area contributed by atoms with Gasteiger partial charge in [-0.2, -0.15) is 0 Å². The molecule has 1 heterocycles. The van der Waals surface area contributed by atoms with E-state index < -0.39 is 0 Å². The Hall–Kier alpha value is -1.05. The van der Waals surface area contributed by atoms with Gasteiger partial charge in [-0.3, -0.25) is 4.99 Å². The predicted octanol–water partition coefficient (Wildman–Crippen LogP) is 1.08. The van der Waals surface area contributed by atoms with Crippen LogP contribution in [0.3, 0.4) is 0 Å². The minimum absolute atomic E-state index is 0.932. The normalized spacial score (nSPS) is 16.8. The van der Waals surface area contributed by atoms with Crippen molar-refractivity contribution in [2.75, 3.05) is 7.05 Å². The third kappa shape index (κ3) is 1.72. The monoisotopic (exact) mass is 122 g/mol. The molecule has 1 aliphatic heterocycles. The summed E-state index contributed by atoms with van der Waals surface area (Å²) in [6, 6.07) is 0. The standard InChI is InChI=1S/C7H10N2/c1-8-7-4-2-3-5-9-6-7/h2,4-6,8H,3H2,1H3. The largest absolute Gasteiger partial charge is 0.387 e. The van der Waals surface area contributed by atoms with Crippen LogP contribution < -0.4 is 5.32 Å². The Labute approximate surface area is 55.0 Å². The topological polar surface area (TPSA) is 24.4 Å². The minimum Gasteiger partial charge on any atom is -0.387 e. The van der Waals surface area contributed by atoms with Gasteiger partial charge in [0.25, 0.3) is 0 Å². The molecular weight excluding hydrogens is 112 g/mol. The van der Waals surface area contributed by atoms with E-state index in [1.54, 1.807) is 0 Å². The summed E-state index contributed by atoms with van der Waals surface area (Å²) in [4.78, 5) is 4.01. The van der Waals surface area contributed by atoms with Crippen LogP contribution in [-0.2, 0) is 0 Å². The van der Waals surface area contributed by atoms with Gasteiger partial charge in [-0.05, 0) is 6.08 Å². The number of hydrogen-bond acceptors (Lipinski definition) is 2. The first-order chi connectivity index (χ1) is 4.43. The zero-order valence-corrected chi connectivity index (χ0v) is 5.46. The Morgan fingerprint density at radius 1 is 1.67 bits per heavy atom. The van der Waals surface area contributed by atoms with Crippen molar-refractivity contribution in [3.05, 3.63) is 24.0 Å². The van der Waals surface area contributed by atoms with E-state index in [0.717, 1.165) is 12.1 Å². The lowest BCUT2D eigenvalue weighted by molar-refractivity contribution is 1.02. The summed E-state index contributed by atoms with van der Waals surface area (Å²) < 4.78 is 0. The second-order valence-corrected chi connectivity index (χ2v) is 1.80. The average molecular weight is 122 g/mol. The van der Waals surface area contributed by atoms with Crippen LogP contribution in [0.4, 0.5) is 0 Å². The van der Waals surface area contributed by atoms with Crippen LogP contribution in [0.2, 0.25) is 0 Å². The SMILES string of the molecule is CNC1=CN=CCC=C1. The van der Waals surface area contributed by atoms with Crippen LogP contribution in [0.25, 0.3) is 0 Å². The number of nitrogens with one attached hydrogen (secondary N) is 1. The predicted molar refractivity (Wildman–Crippen MR) is 39.4 cm³/mol. The van der Waals surface area contributed by atoms with Crippen molar-refractivity contribution >= 4 is 6.21 Å². The molecule has 48 valence electrons. The second-order valence-electron chi connectivity index (χ2n) is 1.80. The van der Waals surface area contributed by atoms with E-state index in [-0.39, 0.29) is 0 Å². The molecule has 2 nitrogen and oxygen atoms in total. The van der Waals surface area contributed by atoms with Crippen LogP contribution in [0.5, 0.6) is 0 Å². The van der Waals surface area contributed by atoms with Gasteiger partial charge in [0.2, 0.25) is 0 Å². The fourth-order valence-corrected chi connectivity index (χ4v) is 0.641. The molecule has 1 aliphatic rings. The maximum Gasteiger partial charge on any atom is 0.0520 e. The van der Waals surface area contributed by atoms with Gasteiger partial charge in [0.05, 0.1) is 5.70 Å². The zero-order chi connectivity index (χ0) is 6.53. The second kappa shape index (κ2) is 3.07. The number of allylic oxidation sites excluding steroid dienone is 2. The van der Waals surface area contributed by atoms with Crippen molar-refractivity contribution in [2.45, 2.75) is 6.42 Å². The number of nitrogens with zero attached hydrogens (tertiary/aromatic N) is 1. The number of rotatable bonds is 1. The van der Waals surface area contributed by atoms with Gasteiger partial charge in [0, 0.05) is 25.9 Å². The average Bonchev–Trinajstić information content (AvgIpc) is 2.13. The maximum absolute atomic E-state index is 4.01. The molecule has 0 aromatic carbocycles. The first kappa shape index (κ1) is 6.08. The van der Waals surface area contributed by atoms with Crippen LogP contribution in [0.15, 0.2) is 29.0 Å². The van der Waals surface area contributed by atoms with Gasteiger partial charge < -0.3 is 5.32 Å². The number of hydrogen-bond donors (Lipinski definition) is 1. The third-order valence-corrected chi connectivity index (χ3v) is 1.15. The van der Waals surface area contributed by atoms with E-state index in [9.17, 15) is 0 Å².